The van der Waals surface area contributed by atoms with E-state index in [4.69, 9.17) is 35.4 Å². The van der Waals surface area contributed by atoms with E-state index < -0.39 is 18.1 Å². The molecule has 0 aromatic heterocycles. The van der Waals surface area contributed by atoms with Gasteiger partial charge in [-0.3, -0.25) is 0 Å². The molecule has 6 rings (SSSR count). The summed E-state index contributed by atoms with van der Waals surface area (Å²) < 4.78 is 0. The van der Waals surface area contributed by atoms with Crippen molar-refractivity contribution < 1.29 is 0 Å². The van der Waals surface area contributed by atoms with Gasteiger partial charge in [0, 0.05) is 18.1 Å². The Morgan fingerprint density at radius 3 is 0.535 bits per heavy atom. The second-order valence-corrected chi connectivity index (χ2v) is 25.3. The average Bonchev–Trinajstić information content (AvgIpc) is 3.10. The monoisotopic (exact) mass is 664 g/mol. The molecule has 0 radical (unpaired) electrons. The Balaban J connectivity index is 1.86. The Labute approximate surface area is 270 Å². The molecule has 0 amide bonds. The minimum absolute atomic E-state index is 0.202. The highest BCUT2D eigenvalue weighted by Gasteiger charge is 2.52. The van der Waals surface area contributed by atoms with Crippen molar-refractivity contribution in [2.75, 3.05) is 0 Å². The lowest BCUT2D eigenvalue weighted by molar-refractivity contribution is 1.68. The Bertz CT molecular complexity index is 1570. The van der Waals surface area contributed by atoms with Crippen LogP contribution in [0.2, 0.25) is 0 Å². The van der Waals surface area contributed by atoms with Crippen LogP contribution in [0.1, 0.15) is 0 Å². The van der Waals surface area contributed by atoms with Gasteiger partial charge in [0.25, 0.3) is 0 Å². The molecular formula is C37H31P3S3. The van der Waals surface area contributed by atoms with Crippen LogP contribution in [0, 0.1) is 0 Å². The highest BCUT2D eigenvalue weighted by molar-refractivity contribution is 8.42. The molecule has 0 heterocycles. The molecule has 43 heavy (non-hydrogen) atoms. The van der Waals surface area contributed by atoms with Gasteiger partial charge in [-0.15, -0.1) is 0 Å². The summed E-state index contributed by atoms with van der Waals surface area (Å²) in [6.07, 6.45) is 0. The van der Waals surface area contributed by atoms with Crippen LogP contribution in [0.25, 0.3) is 0 Å². The Kier molecular flexibility index (Phi) is 9.23. The molecule has 0 aliphatic heterocycles. The molecule has 0 atom stereocenters. The SMILES string of the molecule is S=P(c1ccccc1)(c1ccccc1)C(P(=S)(c1ccccc1)c1ccccc1)P(=S)(c1ccccc1)c1ccccc1. The predicted molar refractivity (Wildman–Crippen MR) is 203 cm³/mol. The molecule has 0 aliphatic carbocycles. The molecule has 0 unspecified atom stereocenters. The molecule has 212 valence electrons. The van der Waals surface area contributed by atoms with Gasteiger partial charge in [-0.2, -0.15) is 0 Å². The first-order valence-corrected chi connectivity index (χ1v) is 22.7. The lowest BCUT2D eigenvalue weighted by Gasteiger charge is -2.47. The van der Waals surface area contributed by atoms with Crippen LogP contribution in [-0.4, -0.2) is 5.14 Å². The van der Waals surface area contributed by atoms with Crippen molar-refractivity contribution in [3.8, 4) is 0 Å². The topological polar surface area (TPSA) is 0 Å². The van der Waals surface area contributed by atoms with Crippen LogP contribution in [0.3, 0.4) is 0 Å². The maximum Gasteiger partial charge on any atom is 0.0691 e. The molecule has 6 aromatic rings. The van der Waals surface area contributed by atoms with Crippen LogP contribution in [-0.2, 0) is 35.4 Å². The number of rotatable bonds is 9. The number of hydrogen-bond donors (Lipinski definition) is 0. The largest absolute Gasteiger partial charge is 0.0865 e. The quantitative estimate of drug-likeness (QED) is 0.146. The highest BCUT2D eigenvalue weighted by Crippen LogP contribution is 2.79. The predicted octanol–water partition coefficient (Wildman–Crippen LogP) is 7.66. The van der Waals surface area contributed by atoms with Crippen LogP contribution >= 0.6 is 18.1 Å². The van der Waals surface area contributed by atoms with E-state index in [1.165, 1.54) is 0 Å². The van der Waals surface area contributed by atoms with Crippen molar-refractivity contribution in [1.29, 1.82) is 0 Å². The maximum absolute atomic E-state index is 7.29. The summed E-state index contributed by atoms with van der Waals surface area (Å²) in [5.41, 5.74) is 0. The van der Waals surface area contributed by atoms with Gasteiger partial charge >= 0.3 is 0 Å². The maximum atomic E-state index is 7.29. The van der Waals surface area contributed by atoms with E-state index in [1.54, 1.807) is 0 Å². The zero-order valence-electron chi connectivity index (χ0n) is 23.5. The molecule has 0 N–H and O–H groups in total. The van der Waals surface area contributed by atoms with Gasteiger partial charge in [0.05, 0.1) is 5.14 Å². The zero-order valence-corrected chi connectivity index (χ0v) is 28.6. The third kappa shape index (κ3) is 5.54. The van der Waals surface area contributed by atoms with E-state index in [0.717, 1.165) is 31.8 Å². The van der Waals surface area contributed by atoms with Gasteiger partial charge in [-0.25, -0.2) is 0 Å². The summed E-state index contributed by atoms with van der Waals surface area (Å²) in [6, 6.07) is 56.2. The summed E-state index contributed by atoms with van der Waals surface area (Å²) in [5.74, 6) is 0. The summed E-state index contributed by atoms with van der Waals surface area (Å²) in [6.45, 7) is 0. The van der Waals surface area contributed by atoms with Crippen LogP contribution in [0.5, 0.6) is 0 Å². The Morgan fingerprint density at radius 2 is 0.395 bits per heavy atom. The summed E-state index contributed by atoms with van der Waals surface area (Å²) in [7, 11) is 0. The third-order valence-electron chi connectivity index (χ3n) is 7.81. The van der Waals surface area contributed by atoms with Crippen molar-refractivity contribution in [3.05, 3.63) is 182 Å². The number of benzene rings is 6. The van der Waals surface area contributed by atoms with Crippen molar-refractivity contribution in [1.82, 2.24) is 0 Å². The zero-order chi connectivity index (χ0) is 29.8. The molecule has 0 nitrogen and oxygen atoms in total. The molecule has 6 aromatic carbocycles. The Morgan fingerprint density at radius 1 is 0.256 bits per heavy atom. The summed E-state index contributed by atoms with van der Waals surface area (Å²) >= 11 is 21.9. The van der Waals surface area contributed by atoms with Crippen LogP contribution < -0.4 is 31.8 Å². The van der Waals surface area contributed by atoms with Crippen molar-refractivity contribution in [3.63, 3.8) is 0 Å². The van der Waals surface area contributed by atoms with Gasteiger partial charge in [0.2, 0.25) is 0 Å². The van der Waals surface area contributed by atoms with Crippen molar-refractivity contribution in [2.45, 2.75) is 5.14 Å². The molecule has 0 bridgehead atoms. The normalized spacial score (nSPS) is 12.2. The lowest BCUT2D eigenvalue weighted by atomic mass is 10.4. The summed E-state index contributed by atoms with van der Waals surface area (Å²) in [5, 5.41) is 6.73. The van der Waals surface area contributed by atoms with Gasteiger partial charge in [0.1, 0.15) is 0 Å². The molecule has 0 spiro atoms. The average molecular weight is 665 g/mol. The van der Waals surface area contributed by atoms with Crippen LogP contribution in [0.15, 0.2) is 182 Å². The van der Waals surface area contributed by atoms with E-state index in [0.29, 0.717) is 0 Å². The Hall–Kier alpha value is -2.73. The molecule has 0 saturated heterocycles. The van der Waals surface area contributed by atoms with Crippen molar-refractivity contribution in [2.24, 2.45) is 0 Å². The molecule has 6 heteroatoms. The molecule has 0 aliphatic rings. The van der Waals surface area contributed by atoms with E-state index in [9.17, 15) is 0 Å². The first-order valence-electron chi connectivity index (χ1n) is 14.1. The van der Waals surface area contributed by atoms with E-state index in [-0.39, 0.29) is 5.14 Å². The smallest absolute Gasteiger partial charge is 0.0691 e. The van der Waals surface area contributed by atoms with Gasteiger partial charge < -0.3 is 0 Å². The summed E-state index contributed by atoms with van der Waals surface area (Å²) in [4.78, 5) is 0. The van der Waals surface area contributed by atoms with Gasteiger partial charge in [-0.1, -0.05) is 217 Å². The second-order valence-electron chi connectivity index (χ2n) is 10.3. The second kappa shape index (κ2) is 13.1. The fourth-order valence-electron chi connectivity index (χ4n) is 5.83. The lowest BCUT2D eigenvalue weighted by Crippen LogP contribution is -2.37. The van der Waals surface area contributed by atoms with Gasteiger partial charge in [-0.05, 0) is 31.8 Å². The fraction of sp³-hybridized carbons (Fsp3) is 0.0270. The number of hydrogen-bond acceptors (Lipinski definition) is 3. The van der Waals surface area contributed by atoms with E-state index >= 15 is 0 Å². The standard InChI is InChI=1S/C37H31P3S3/c41-38(31-19-7-1-8-20-31,32-21-9-2-10-22-32)37(39(42,33-23-11-3-12-24-33)34-25-13-4-14-26-34)40(43,35-27-15-5-16-28-35)36-29-17-6-18-30-36/h1-30,37H. The van der Waals surface area contributed by atoms with Gasteiger partial charge in [0.15, 0.2) is 0 Å². The highest BCUT2D eigenvalue weighted by atomic mass is 32.5. The minimum Gasteiger partial charge on any atom is -0.0865 e. The first-order chi connectivity index (χ1) is 21.0. The first kappa shape index (κ1) is 30.3. The van der Waals surface area contributed by atoms with Crippen LogP contribution in [0.4, 0.5) is 0 Å². The molecular weight excluding hydrogens is 634 g/mol. The van der Waals surface area contributed by atoms with E-state index in [1.807, 2.05) is 0 Å². The fourth-order valence-corrected chi connectivity index (χ4v) is 33.8. The van der Waals surface area contributed by atoms with E-state index in [2.05, 4.69) is 182 Å². The molecule has 0 fully saturated rings. The third-order valence-corrected chi connectivity index (χ3v) is 30.9. The van der Waals surface area contributed by atoms with Crippen molar-refractivity contribution >= 4 is 85.4 Å². The molecule has 0 saturated carbocycles. The minimum atomic E-state index is -2.72.